The minimum Gasteiger partial charge on any atom is -0.364 e. The average Bonchev–Trinajstić information content (AvgIpc) is 2.74. The Morgan fingerprint density at radius 3 is 2.42 bits per heavy atom. The van der Waals surface area contributed by atoms with Crippen molar-refractivity contribution in [3.63, 3.8) is 0 Å². The third-order valence-electron chi connectivity index (χ3n) is 1.82. The zero-order chi connectivity index (χ0) is 12.7. The van der Waals surface area contributed by atoms with Gasteiger partial charge in [-0.2, -0.15) is 0 Å². The Morgan fingerprint density at radius 2 is 1.95 bits per heavy atom. The quantitative estimate of drug-likeness (QED) is 0.447. The van der Waals surface area contributed by atoms with Crippen LogP contribution in [-0.4, -0.2) is 45.7 Å². The lowest BCUT2D eigenvalue weighted by Gasteiger charge is -2.13. The highest BCUT2D eigenvalue weighted by molar-refractivity contribution is 6.18. The summed E-state index contributed by atoms with van der Waals surface area (Å²) in [4.78, 5) is 17.4. The van der Waals surface area contributed by atoms with Gasteiger partial charge in [0, 0.05) is 11.8 Å². The summed E-state index contributed by atoms with van der Waals surface area (Å²) in [5.41, 5.74) is 5.23. The number of H-pyrrole nitrogens is 1. The molecule has 0 aliphatic carbocycles. The molecule has 0 saturated heterocycles. The molecule has 0 aliphatic rings. The van der Waals surface area contributed by atoms with Gasteiger partial charge in [-0.1, -0.05) is 5.22 Å². The maximum absolute atomic E-state index is 11.0. The minimum atomic E-state index is -0.641. The first-order valence-electron chi connectivity index (χ1n) is 4.80. The van der Waals surface area contributed by atoms with Crippen LogP contribution in [0.15, 0.2) is 16.7 Å². The summed E-state index contributed by atoms with van der Waals surface area (Å²) in [5, 5.41) is 9.29. The fraction of sp³-hybridized carbons (Fsp3) is 0.500. The van der Waals surface area contributed by atoms with E-state index in [1.807, 2.05) is 0 Å². The molecule has 1 aromatic heterocycles. The van der Waals surface area contributed by atoms with E-state index >= 15 is 0 Å². The highest BCUT2D eigenvalue weighted by atomic mass is 35.5. The van der Waals surface area contributed by atoms with Gasteiger partial charge in [0.2, 0.25) is 5.82 Å². The van der Waals surface area contributed by atoms with Crippen LogP contribution in [0.3, 0.4) is 0 Å². The molecule has 0 saturated carbocycles. The van der Waals surface area contributed by atoms with Gasteiger partial charge in [-0.15, -0.1) is 53.1 Å². The lowest BCUT2D eigenvalue weighted by atomic mass is 10.4. The number of nitrogens with one attached hydrogen (secondary N) is 1. The number of aromatic nitrogens is 2. The molecule has 0 bridgehead atoms. The fourth-order valence-electron chi connectivity index (χ4n) is 1.05. The van der Waals surface area contributed by atoms with Crippen LogP contribution in [0, 0.1) is 0 Å². The first-order valence-corrected chi connectivity index (χ1v) is 5.87. The Hall–Kier alpha value is -0.760. The Labute approximate surface area is 132 Å². The standard InChI is InChI=1S/C8H12Cl2N6O.2ClH/c9-1-3-16(4-2-10)15-14-8-6(7(11)17)12-5-13-8;;/h5H,1-4H2,(H2,11,17)(H,12,13);2*1H/b15-14+;;. The molecule has 0 spiro atoms. The molecule has 3 N–H and O–H groups in total. The van der Waals surface area contributed by atoms with Crippen molar-refractivity contribution < 1.29 is 4.79 Å². The largest absolute Gasteiger partial charge is 0.364 e. The maximum Gasteiger partial charge on any atom is 0.269 e. The number of amides is 1. The molecule has 0 aromatic carbocycles. The van der Waals surface area contributed by atoms with Gasteiger partial charge in [-0.25, -0.2) is 4.98 Å². The van der Waals surface area contributed by atoms with Crippen molar-refractivity contribution >= 4 is 59.7 Å². The molecular formula is C8H14Cl4N6O. The summed E-state index contributed by atoms with van der Waals surface area (Å²) in [6.07, 6.45) is 1.32. The number of hydrogen-bond acceptors (Lipinski definition) is 4. The van der Waals surface area contributed by atoms with Gasteiger partial charge >= 0.3 is 0 Å². The summed E-state index contributed by atoms with van der Waals surface area (Å²) in [5.74, 6) is 0.308. The van der Waals surface area contributed by atoms with Crippen LogP contribution in [-0.2, 0) is 0 Å². The summed E-state index contributed by atoms with van der Waals surface area (Å²) < 4.78 is 0. The summed E-state index contributed by atoms with van der Waals surface area (Å²) in [6.45, 7) is 1.02. The van der Waals surface area contributed by atoms with E-state index in [2.05, 4.69) is 20.3 Å². The van der Waals surface area contributed by atoms with Crippen molar-refractivity contribution in [2.24, 2.45) is 16.1 Å². The number of nitrogens with two attached hydrogens (primary N) is 1. The second-order valence-electron chi connectivity index (χ2n) is 2.99. The lowest BCUT2D eigenvalue weighted by molar-refractivity contribution is 0.0996. The number of imidazole rings is 1. The normalized spacial score (nSPS) is 9.79. The summed E-state index contributed by atoms with van der Waals surface area (Å²) in [6, 6.07) is 0. The Morgan fingerprint density at radius 1 is 1.37 bits per heavy atom. The van der Waals surface area contributed by atoms with Gasteiger partial charge in [0.15, 0.2) is 5.69 Å². The SMILES string of the molecule is Cl.Cl.NC(=O)c1[nH]cnc1/N=N/N(CCCl)CCCl. The van der Waals surface area contributed by atoms with E-state index in [-0.39, 0.29) is 36.3 Å². The monoisotopic (exact) mass is 350 g/mol. The molecule has 0 radical (unpaired) electrons. The summed E-state index contributed by atoms with van der Waals surface area (Å²) >= 11 is 11.2. The van der Waals surface area contributed by atoms with Gasteiger partial charge in [-0.3, -0.25) is 9.80 Å². The smallest absolute Gasteiger partial charge is 0.269 e. The Kier molecular flexibility index (Phi) is 12.0. The van der Waals surface area contributed by atoms with Gasteiger partial charge in [0.25, 0.3) is 5.91 Å². The topological polar surface area (TPSA) is 99.7 Å². The van der Waals surface area contributed by atoms with E-state index in [0.717, 1.165) is 0 Å². The highest BCUT2D eigenvalue weighted by Gasteiger charge is 2.10. The second kappa shape index (κ2) is 11.1. The molecule has 0 aliphatic heterocycles. The molecule has 1 rings (SSSR count). The molecule has 0 unspecified atom stereocenters. The molecular weight excluding hydrogens is 338 g/mol. The third kappa shape index (κ3) is 6.81. The minimum absolute atomic E-state index is 0. The van der Waals surface area contributed by atoms with Crippen LogP contribution in [0.25, 0.3) is 0 Å². The van der Waals surface area contributed by atoms with E-state index in [1.54, 1.807) is 5.01 Å². The van der Waals surface area contributed by atoms with Gasteiger partial charge in [-0.05, 0) is 0 Å². The number of nitrogens with zero attached hydrogens (tertiary/aromatic N) is 4. The molecule has 110 valence electrons. The van der Waals surface area contributed by atoms with Crippen molar-refractivity contribution in [3.05, 3.63) is 12.0 Å². The highest BCUT2D eigenvalue weighted by Crippen LogP contribution is 2.13. The zero-order valence-electron chi connectivity index (χ0n) is 9.75. The lowest BCUT2D eigenvalue weighted by Crippen LogP contribution is -2.21. The number of alkyl halides is 2. The molecule has 0 atom stereocenters. The maximum atomic E-state index is 11.0. The molecule has 1 heterocycles. The summed E-state index contributed by atoms with van der Waals surface area (Å²) in [7, 11) is 0. The van der Waals surface area contributed by atoms with E-state index in [1.165, 1.54) is 6.33 Å². The van der Waals surface area contributed by atoms with Crippen molar-refractivity contribution in [1.29, 1.82) is 0 Å². The molecule has 0 fully saturated rings. The predicted octanol–water partition coefficient (Wildman–Crippen LogP) is 2.13. The number of carbonyl (C=O) groups is 1. The van der Waals surface area contributed by atoms with E-state index in [4.69, 9.17) is 28.9 Å². The predicted molar refractivity (Wildman–Crippen MR) is 79.1 cm³/mol. The third-order valence-corrected chi connectivity index (χ3v) is 2.15. The fourth-order valence-corrected chi connectivity index (χ4v) is 1.44. The first-order chi connectivity index (χ1) is 8.19. The van der Waals surface area contributed by atoms with Gasteiger partial charge in [0.05, 0.1) is 19.4 Å². The Bertz CT molecular complexity index is 392. The first kappa shape index (κ1) is 20.6. The van der Waals surface area contributed by atoms with Crippen LogP contribution in [0.4, 0.5) is 5.82 Å². The second-order valence-corrected chi connectivity index (χ2v) is 3.74. The van der Waals surface area contributed by atoms with Gasteiger partial charge < -0.3 is 10.7 Å². The van der Waals surface area contributed by atoms with Crippen molar-refractivity contribution in [2.75, 3.05) is 24.8 Å². The van der Waals surface area contributed by atoms with E-state index in [9.17, 15) is 4.79 Å². The van der Waals surface area contributed by atoms with E-state index in [0.29, 0.717) is 24.8 Å². The van der Waals surface area contributed by atoms with Crippen molar-refractivity contribution in [1.82, 2.24) is 15.0 Å². The number of primary amides is 1. The average molecular weight is 352 g/mol. The number of halogens is 4. The van der Waals surface area contributed by atoms with Crippen molar-refractivity contribution in [3.8, 4) is 0 Å². The van der Waals surface area contributed by atoms with Crippen LogP contribution >= 0.6 is 48.0 Å². The molecule has 7 nitrogen and oxygen atoms in total. The number of hydrogen-bond donors (Lipinski definition) is 2. The van der Waals surface area contributed by atoms with Gasteiger partial charge in [0.1, 0.15) is 0 Å². The molecule has 19 heavy (non-hydrogen) atoms. The Balaban J connectivity index is 0. The molecule has 1 amide bonds. The number of carbonyl (C=O) groups excluding carboxylic acids is 1. The van der Waals surface area contributed by atoms with Crippen LogP contribution in [0.2, 0.25) is 0 Å². The number of aromatic amines is 1. The molecule has 1 aromatic rings. The van der Waals surface area contributed by atoms with E-state index < -0.39 is 5.91 Å². The van der Waals surface area contributed by atoms with Crippen LogP contribution < -0.4 is 5.73 Å². The van der Waals surface area contributed by atoms with Crippen LogP contribution in [0.5, 0.6) is 0 Å². The molecule has 11 heteroatoms. The zero-order valence-corrected chi connectivity index (χ0v) is 12.9. The van der Waals surface area contributed by atoms with Crippen LogP contribution in [0.1, 0.15) is 10.5 Å². The number of rotatable bonds is 7. The van der Waals surface area contributed by atoms with Crippen molar-refractivity contribution in [2.45, 2.75) is 0 Å².